The van der Waals surface area contributed by atoms with Crippen LogP contribution in [-0.2, 0) is 0 Å². The molecule has 1 rings (SSSR count). The van der Waals surface area contributed by atoms with Crippen molar-refractivity contribution >= 4 is 9.52 Å². The first-order chi connectivity index (χ1) is 3.00. The molecule has 7 heavy (non-hydrogen) atoms. The average Bonchev–Trinajstić information content (AvgIpc) is 1.72. The van der Waals surface area contributed by atoms with Gasteiger partial charge in [0, 0.05) is 9.52 Å². The van der Waals surface area contributed by atoms with Gasteiger partial charge in [-0.3, -0.25) is 4.70 Å². The number of rotatable bonds is 0. The summed E-state index contributed by atoms with van der Waals surface area (Å²) in [6, 6.07) is 3.06. The zero-order chi connectivity index (χ0) is 4.24. The van der Waals surface area contributed by atoms with E-state index in [1.165, 1.54) is 40.9 Å². The van der Waals surface area contributed by atoms with Gasteiger partial charge in [-0.15, -0.1) is 0 Å². The molecule has 1 fully saturated rings. The van der Waals surface area contributed by atoms with Crippen LogP contribution in [0.2, 0.25) is 12.1 Å². The van der Waals surface area contributed by atoms with Gasteiger partial charge in [-0.2, -0.15) is 0 Å². The van der Waals surface area contributed by atoms with Crippen molar-refractivity contribution in [2.45, 2.75) is 31.4 Å². The highest BCUT2D eigenvalue weighted by Crippen LogP contribution is 2.10. The second-order valence-corrected chi connectivity index (χ2v) is 3.31. The molecule has 1 aliphatic heterocycles. The summed E-state index contributed by atoms with van der Waals surface area (Å²) in [5.41, 5.74) is 0. The lowest BCUT2D eigenvalue weighted by molar-refractivity contribution is 0.734. The molecule has 0 aromatic heterocycles. The maximum atomic E-state index is 1.53. The van der Waals surface area contributed by atoms with E-state index in [2.05, 4.69) is 0 Å². The van der Waals surface area contributed by atoms with Crippen molar-refractivity contribution < 1.29 is 4.70 Å². The van der Waals surface area contributed by atoms with Gasteiger partial charge in [-0.1, -0.05) is 31.4 Å². The molecule has 1 saturated heterocycles. The van der Waals surface area contributed by atoms with Gasteiger partial charge in [0.05, 0.1) is 0 Å². The summed E-state index contributed by atoms with van der Waals surface area (Å²) in [5.74, 6) is 0. The van der Waals surface area contributed by atoms with Crippen LogP contribution in [0.15, 0.2) is 0 Å². The molecule has 0 aromatic rings. The van der Waals surface area contributed by atoms with Crippen LogP contribution in [0.1, 0.15) is 19.3 Å². The maximum Gasteiger partial charge on any atom is 0.0378 e. The van der Waals surface area contributed by atoms with Gasteiger partial charge < -0.3 is 0 Å². The second kappa shape index (κ2) is 4.31. The first kappa shape index (κ1) is 7.15. The SMILES string of the molecule is C1CC[Si]CC1.F. The minimum atomic E-state index is 0. The molecule has 0 bridgehead atoms. The fourth-order valence-corrected chi connectivity index (χ4v) is 2.05. The maximum absolute atomic E-state index is 1.53. The second-order valence-electron chi connectivity index (χ2n) is 1.81. The monoisotopic (exact) mass is 118 g/mol. The molecule has 1 heterocycles. The van der Waals surface area contributed by atoms with Crippen molar-refractivity contribution in [3.05, 3.63) is 0 Å². The van der Waals surface area contributed by atoms with Crippen molar-refractivity contribution in [1.82, 2.24) is 0 Å². The Kier molecular flexibility index (Phi) is 4.40. The fraction of sp³-hybridized carbons (Fsp3) is 1.00. The zero-order valence-corrected chi connectivity index (χ0v) is 5.44. The van der Waals surface area contributed by atoms with Gasteiger partial charge >= 0.3 is 0 Å². The molecule has 2 heteroatoms. The zero-order valence-electron chi connectivity index (χ0n) is 4.44. The molecule has 0 nitrogen and oxygen atoms in total. The molecule has 0 aromatic carbocycles. The van der Waals surface area contributed by atoms with Gasteiger partial charge in [0.15, 0.2) is 0 Å². The summed E-state index contributed by atoms with van der Waals surface area (Å²) < 4.78 is 0. The summed E-state index contributed by atoms with van der Waals surface area (Å²) in [7, 11) is 1.30. The summed E-state index contributed by atoms with van der Waals surface area (Å²) in [6.07, 6.45) is 4.53. The Morgan fingerprint density at radius 1 is 0.857 bits per heavy atom. The Bertz CT molecular complexity index is 23.6. The van der Waals surface area contributed by atoms with Gasteiger partial charge in [0.1, 0.15) is 0 Å². The molecule has 0 spiro atoms. The van der Waals surface area contributed by atoms with Crippen LogP contribution in [0, 0.1) is 0 Å². The third-order valence-corrected chi connectivity index (χ3v) is 2.62. The van der Waals surface area contributed by atoms with Crippen LogP contribution < -0.4 is 0 Å². The lowest BCUT2D eigenvalue weighted by Gasteiger charge is -2.04. The fourth-order valence-electron chi connectivity index (χ4n) is 0.802. The normalized spacial score (nSPS) is 20.6. The predicted molar refractivity (Wildman–Crippen MR) is 31.7 cm³/mol. The average molecular weight is 118 g/mol. The number of hydrogen-bond donors (Lipinski definition) is 0. The van der Waals surface area contributed by atoms with Gasteiger partial charge in [0.2, 0.25) is 0 Å². The van der Waals surface area contributed by atoms with Crippen LogP contribution >= 0.6 is 0 Å². The third kappa shape index (κ3) is 2.80. The predicted octanol–water partition coefficient (Wildman–Crippen LogP) is 1.86. The van der Waals surface area contributed by atoms with Crippen molar-refractivity contribution in [2.75, 3.05) is 0 Å². The van der Waals surface area contributed by atoms with Crippen LogP contribution in [0.3, 0.4) is 0 Å². The highest BCUT2D eigenvalue weighted by atomic mass is 28.2. The molecular weight excluding hydrogens is 107 g/mol. The Morgan fingerprint density at radius 2 is 1.43 bits per heavy atom. The van der Waals surface area contributed by atoms with Crippen LogP contribution in [0.25, 0.3) is 0 Å². The minimum Gasteiger partial charge on any atom is -0.269 e. The van der Waals surface area contributed by atoms with E-state index >= 15 is 0 Å². The van der Waals surface area contributed by atoms with E-state index in [4.69, 9.17) is 0 Å². The third-order valence-electron chi connectivity index (χ3n) is 1.21. The standard InChI is InChI=1S/C5H10Si.FH/c1-2-4-6-5-3-1;/h1-5H2;1H. The van der Waals surface area contributed by atoms with Crippen molar-refractivity contribution in [1.29, 1.82) is 0 Å². The van der Waals surface area contributed by atoms with E-state index in [1.807, 2.05) is 0 Å². The molecule has 0 amide bonds. The molecule has 1 aliphatic rings. The Balaban J connectivity index is 0.000000360. The number of halogens is 1. The van der Waals surface area contributed by atoms with Crippen LogP contribution in [0.4, 0.5) is 4.70 Å². The Labute approximate surface area is 46.5 Å². The largest absolute Gasteiger partial charge is 0.269 e. The molecule has 0 unspecified atom stereocenters. The van der Waals surface area contributed by atoms with Gasteiger partial charge in [-0.25, -0.2) is 0 Å². The van der Waals surface area contributed by atoms with E-state index in [1.54, 1.807) is 0 Å². The minimum absolute atomic E-state index is 0. The Morgan fingerprint density at radius 3 is 1.57 bits per heavy atom. The summed E-state index contributed by atoms with van der Waals surface area (Å²) >= 11 is 0. The molecule has 42 valence electrons. The van der Waals surface area contributed by atoms with E-state index in [0.717, 1.165) is 0 Å². The molecule has 0 aliphatic carbocycles. The van der Waals surface area contributed by atoms with Crippen molar-refractivity contribution in [3.63, 3.8) is 0 Å². The number of hydrogen-bond acceptors (Lipinski definition) is 0. The first-order valence-electron chi connectivity index (χ1n) is 2.71. The quantitative estimate of drug-likeness (QED) is 0.426. The molecule has 0 saturated carbocycles. The van der Waals surface area contributed by atoms with E-state index in [-0.39, 0.29) is 4.70 Å². The first-order valence-corrected chi connectivity index (χ1v) is 4.12. The van der Waals surface area contributed by atoms with E-state index in [0.29, 0.717) is 0 Å². The summed E-state index contributed by atoms with van der Waals surface area (Å²) in [6.45, 7) is 0. The molecular formula is C5H11FSi. The van der Waals surface area contributed by atoms with Crippen molar-refractivity contribution in [2.24, 2.45) is 0 Å². The summed E-state index contributed by atoms with van der Waals surface area (Å²) in [5, 5.41) is 0. The highest BCUT2D eigenvalue weighted by Gasteiger charge is 1.96. The highest BCUT2D eigenvalue weighted by molar-refractivity contribution is 6.35. The topological polar surface area (TPSA) is 0 Å². The van der Waals surface area contributed by atoms with Crippen LogP contribution in [0.5, 0.6) is 0 Å². The van der Waals surface area contributed by atoms with Crippen LogP contribution in [-0.4, -0.2) is 9.52 Å². The molecule has 2 radical (unpaired) electrons. The Hall–Kier alpha value is 0.147. The lowest BCUT2D eigenvalue weighted by atomic mass is 10.3. The molecule has 0 atom stereocenters. The van der Waals surface area contributed by atoms with Gasteiger partial charge in [-0.05, 0) is 0 Å². The van der Waals surface area contributed by atoms with E-state index in [9.17, 15) is 0 Å². The van der Waals surface area contributed by atoms with Crippen molar-refractivity contribution in [3.8, 4) is 0 Å². The van der Waals surface area contributed by atoms with E-state index < -0.39 is 0 Å². The molecule has 0 N–H and O–H groups in total. The smallest absolute Gasteiger partial charge is 0.0378 e. The lowest BCUT2D eigenvalue weighted by Crippen LogP contribution is -1.94. The summed E-state index contributed by atoms with van der Waals surface area (Å²) in [4.78, 5) is 0. The van der Waals surface area contributed by atoms with Gasteiger partial charge in [0.25, 0.3) is 0 Å².